The quantitative estimate of drug-likeness (QED) is 0.852. The highest BCUT2D eigenvalue weighted by molar-refractivity contribution is 9.10. The predicted octanol–water partition coefficient (Wildman–Crippen LogP) is 4.79. The van der Waals surface area contributed by atoms with Gasteiger partial charge in [-0.25, -0.2) is 4.39 Å². The average molecular weight is 343 g/mol. The molecule has 0 saturated heterocycles. The molecule has 1 nitrogen and oxygen atoms in total. The van der Waals surface area contributed by atoms with Crippen molar-refractivity contribution < 1.29 is 4.39 Å². The number of hydrogen-bond donors (Lipinski definition) is 1. The van der Waals surface area contributed by atoms with E-state index in [0.717, 1.165) is 15.6 Å². The maximum absolute atomic E-state index is 13.8. The fourth-order valence-corrected chi connectivity index (χ4v) is 2.79. The second-order valence-electron chi connectivity index (χ2n) is 4.54. The van der Waals surface area contributed by atoms with Crippen LogP contribution in [0.4, 0.5) is 4.39 Å². The molecule has 19 heavy (non-hydrogen) atoms. The highest BCUT2D eigenvalue weighted by Gasteiger charge is 2.15. The summed E-state index contributed by atoms with van der Waals surface area (Å²) >= 11 is 9.50. The summed E-state index contributed by atoms with van der Waals surface area (Å²) in [5.41, 5.74) is 8.72. The molecule has 0 saturated carbocycles. The summed E-state index contributed by atoms with van der Waals surface area (Å²) in [6.07, 6.45) is 0.369. The normalized spacial score (nSPS) is 12.5. The predicted molar refractivity (Wildman–Crippen MR) is 80.9 cm³/mol. The molecule has 2 aromatic rings. The van der Waals surface area contributed by atoms with E-state index in [1.165, 1.54) is 6.07 Å². The van der Waals surface area contributed by atoms with Gasteiger partial charge in [0.05, 0.1) is 0 Å². The summed E-state index contributed by atoms with van der Waals surface area (Å²) in [5, 5.41) is 0.416. The third-order valence-corrected chi connectivity index (χ3v) is 4.11. The zero-order valence-electron chi connectivity index (χ0n) is 10.5. The van der Waals surface area contributed by atoms with Crippen LogP contribution >= 0.6 is 27.5 Å². The first kappa shape index (κ1) is 14.5. The molecule has 0 aliphatic heterocycles. The summed E-state index contributed by atoms with van der Waals surface area (Å²) in [5.74, 6) is -0.313. The Bertz CT molecular complexity index is 580. The van der Waals surface area contributed by atoms with Crippen LogP contribution in [-0.2, 0) is 6.42 Å². The number of benzene rings is 2. The van der Waals surface area contributed by atoms with E-state index in [9.17, 15) is 4.39 Å². The molecule has 0 amide bonds. The Morgan fingerprint density at radius 1 is 1.32 bits per heavy atom. The lowest BCUT2D eigenvalue weighted by Gasteiger charge is -2.16. The van der Waals surface area contributed by atoms with E-state index in [2.05, 4.69) is 15.9 Å². The van der Waals surface area contributed by atoms with Crippen molar-refractivity contribution in [2.24, 2.45) is 5.73 Å². The van der Waals surface area contributed by atoms with Gasteiger partial charge in [0.1, 0.15) is 5.82 Å². The van der Waals surface area contributed by atoms with E-state index in [1.54, 1.807) is 12.1 Å². The zero-order valence-corrected chi connectivity index (χ0v) is 12.8. The summed E-state index contributed by atoms with van der Waals surface area (Å²) in [6, 6.07) is 10.3. The highest BCUT2D eigenvalue weighted by Crippen LogP contribution is 2.28. The smallest absolute Gasteiger partial charge is 0.127 e. The molecule has 4 heteroatoms. The number of halogens is 3. The van der Waals surface area contributed by atoms with Crippen molar-refractivity contribution in [1.82, 2.24) is 0 Å². The molecule has 0 radical (unpaired) electrons. The molecule has 0 spiro atoms. The molecular formula is C15H14BrClFN. The number of aryl methyl sites for hydroxylation is 1. The van der Waals surface area contributed by atoms with Crippen LogP contribution in [0.1, 0.15) is 22.7 Å². The maximum Gasteiger partial charge on any atom is 0.127 e. The Kier molecular flexibility index (Phi) is 4.61. The van der Waals surface area contributed by atoms with Crippen molar-refractivity contribution in [2.75, 3.05) is 0 Å². The number of rotatable bonds is 3. The van der Waals surface area contributed by atoms with Crippen LogP contribution in [0, 0.1) is 12.7 Å². The molecule has 0 fully saturated rings. The Labute approximate surface area is 125 Å². The van der Waals surface area contributed by atoms with E-state index in [0.29, 0.717) is 17.0 Å². The molecule has 0 aromatic heterocycles. The van der Waals surface area contributed by atoms with Gasteiger partial charge in [0.2, 0.25) is 0 Å². The lowest BCUT2D eigenvalue weighted by atomic mass is 9.98. The van der Waals surface area contributed by atoms with Crippen LogP contribution < -0.4 is 5.73 Å². The van der Waals surface area contributed by atoms with Crippen LogP contribution in [0.5, 0.6) is 0 Å². The van der Waals surface area contributed by atoms with Crippen LogP contribution in [0.3, 0.4) is 0 Å². The molecule has 1 unspecified atom stereocenters. The minimum absolute atomic E-state index is 0.302. The van der Waals surface area contributed by atoms with Crippen molar-refractivity contribution in [1.29, 1.82) is 0 Å². The van der Waals surface area contributed by atoms with E-state index in [1.807, 2.05) is 25.1 Å². The lowest BCUT2D eigenvalue weighted by Crippen LogP contribution is -2.15. The number of nitrogens with two attached hydrogens (primary N) is 1. The first-order chi connectivity index (χ1) is 8.99. The molecule has 2 aromatic carbocycles. The monoisotopic (exact) mass is 341 g/mol. The van der Waals surface area contributed by atoms with Crippen molar-refractivity contribution in [2.45, 2.75) is 19.4 Å². The summed E-state index contributed by atoms with van der Waals surface area (Å²) < 4.78 is 14.7. The van der Waals surface area contributed by atoms with Crippen molar-refractivity contribution in [3.8, 4) is 0 Å². The SMILES string of the molecule is Cc1ccc(Br)c(C(N)Cc2c(F)cccc2Cl)c1. The topological polar surface area (TPSA) is 26.0 Å². The lowest BCUT2D eigenvalue weighted by molar-refractivity contribution is 0.593. The highest BCUT2D eigenvalue weighted by atomic mass is 79.9. The fourth-order valence-electron chi connectivity index (χ4n) is 2.00. The molecule has 0 aliphatic carbocycles. The van der Waals surface area contributed by atoms with Crippen molar-refractivity contribution >= 4 is 27.5 Å². The Morgan fingerprint density at radius 2 is 2.05 bits per heavy atom. The largest absolute Gasteiger partial charge is 0.324 e. The molecule has 2 N–H and O–H groups in total. The third-order valence-electron chi connectivity index (χ3n) is 3.04. The van der Waals surface area contributed by atoms with Gasteiger partial charge in [-0.1, -0.05) is 51.3 Å². The zero-order chi connectivity index (χ0) is 14.0. The molecule has 2 rings (SSSR count). The molecular weight excluding hydrogens is 329 g/mol. The van der Waals surface area contributed by atoms with Gasteiger partial charge in [-0.2, -0.15) is 0 Å². The van der Waals surface area contributed by atoms with Gasteiger partial charge in [-0.15, -0.1) is 0 Å². The van der Waals surface area contributed by atoms with Gasteiger partial charge in [0.25, 0.3) is 0 Å². The van der Waals surface area contributed by atoms with Gasteiger partial charge in [0, 0.05) is 21.1 Å². The minimum atomic E-state index is -0.313. The first-order valence-corrected chi connectivity index (χ1v) is 7.10. The second kappa shape index (κ2) is 6.04. The molecule has 0 bridgehead atoms. The van der Waals surface area contributed by atoms with E-state index in [4.69, 9.17) is 17.3 Å². The van der Waals surface area contributed by atoms with Gasteiger partial charge >= 0.3 is 0 Å². The van der Waals surface area contributed by atoms with E-state index >= 15 is 0 Å². The van der Waals surface area contributed by atoms with Gasteiger partial charge in [0.15, 0.2) is 0 Å². The molecule has 1 atom stereocenters. The van der Waals surface area contributed by atoms with Gasteiger partial charge in [-0.3, -0.25) is 0 Å². The van der Waals surface area contributed by atoms with Crippen LogP contribution in [-0.4, -0.2) is 0 Å². The first-order valence-electron chi connectivity index (χ1n) is 5.93. The maximum atomic E-state index is 13.8. The molecule has 0 heterocycles. The number of hydrogen-bond acceptors (Lipinski definition) is 1. The fraction of sp³-hybridized carbons (Fsp3) is 0.200. The second-order valence-corrected chi connectivity index (χ2v) is 5.80. The average Bonchev–Trinajstić information content (AvgIpc) is 2.37. The van der Waals surface area contributed by atoms with Crippen molar-refractivity contribution in [3.05, 3.63) is 68.4 Å². The standard InChI is InChI=1S/C15H14BrClFN/c1-9-5-6-12(16)10(7-9)15(19)8-11-13(17)3-2-4-14(11)18/h2-7,15H,8,19H2,1H3. The van der Waals surface area contributed by atoms with E-state index in [-0.39, 0.29) is 11.9 Å². The molecule has 0 aliphatic rings. The summed E-state index contributed by atoms with van der Waals surface area (Å²) in [4.78, 5) is 0. The Balaban J connectivity index is 2.31. The van der Waals surface area contributed by atoms with Crippen LogP contribution in [0.25, 0.3) is 0 Å². The minimum Gasteiger partial charge on any atom is -0.324 e. The van der Waals surface area contributed by atoms with E-state index < -0.39 is 0 Å². The summed E-state index contributed by atoms with van der Waals surface area (Å²) in [7, 11) is 0. The van der Waals surface area contributed by atoms with Gasteiger partial charge < -0.3 is 5.73 Å². The Morgan fingerprint density at radius 3 is 2.74 bits per heavy atom. The van der Waals surface area contributed by atoms with Crippen LogP contribution in [0.2, 0.25) is 5.02 Å². The Hall–Kier alpha value is -0.900. The van der Waals surface area contributed by atoms with Crippen molar-refractivity contribution in [3.63, 3.8) is 0 Å². The summed E-state index contributed by atoms with van der Waals surface area (Å²) in [6.45, 7) is 2.00. The molecule has 100 valence electrons. The van der Waals surface area contributed by atoms with Gasteiger partial charge in [-0.05, 0) is 37.1 Å². The third kappa shape index (κ3) is 3.35. The van der Waals surface area contributed by atoms with Crippen LogP contribution in [0.15, 0.2) is 40.9 Å².